The average Bonchev–Trinajstić information content (AvgIpc) is 2.02. The number of carboxylic acid groups (broad SMARTS) is 1. The smallest absolute Gasteiger partial charge is 0.328 e. The maximum atomic E-state index is 10.2. The number of aromatic nitrogens is 1. The lowest BCUT2D eigenvalue weighted by molar-refractivity contribution is -0.131. The Labute approximate surface area is 74.7 Å². The molecule has 1 aromatic rings. The zero-order chi connectivity index (χ0) is 9.84. The van der Waals surface area contributed by atoms with Gasteiger partial charge in [0.05, 0.1) is 0 Å². The molecule has 5 heteroatoms. The maximum Gasteiger partial charge on any atom is 0.328 e. The fourth-order valence-electron chi connectivity index (χ4n) is 0.799. The van der Waals surface area contributed by atoms with Crippen LogP contribution in [0, 0.1) is 0 Å². The van der Waals surface area contributed by atoms with Crippen LogP contribution in [0.25, 0.3) is 6.08 Å². The van der Waals surface area contributed by atoms with Gasteiger partial charge in [0.2, 0.25) is 0 Å². The van der Waals surface area contributed by atoms with Gasteiger partial charge in [0.15, 0.2) is 0 Å². The van der Waals surface area contributed by atoms with Crippen LogP contribution in [0.15, 0.2) is 18.3 Å². The number of carbonyl (C=O) groups is 1. The molecule has 0 aliphatic carbocycles. The molecule has 0 fully saturated rings. The van der Waals surface area contributed by atoms with Crippen molar-refractivity contribution >= 4 is 23.6 Å². The van der Waals surface area contributed by atoms with Gasteiger partial charge in [0, 0.05) is 29.6 Å². The first-order chi connectivity index (χ1) is 6.09. The summed E-state index contributed by atoms with van der Waals surface area (Å²) in [7, 11) is 0. The summed E-state index contributed by atoms with van der Waals surface area (Å²) in [6, 6.07) is 1.47. The Morgan fingerprint density at radius 2 is 2.23 bits per heavy atom. The number of carboxylic acids is 1. The van der Waals surface area contributed by atoms with Crippen molar-refractivity contribution in [1.82, 2.24) is 4.98 Å². The highest BCUT2D eigenvalue weighted by Gasteiger charge is 1.96. The zero-order valence-corrected chi connectivity index (χ0v) is 6.77. The Kier molecular flexibility index (Phi) is 2.49. The van der Waals surface area contributed by atoms with E-state index < -0.39 is 5.97 Å². The summed E-state index contributed by atoms with van der Waals surface area (Å²) < 4.78 is 0. The summed E-state index contributed by atoms with van der Waals surface area (Å²) in [5.74, 6) is -0.721. The molecule has 68 valence electrons. The second-order valence-corrected chi connectivity index (χ2v) is 2.41. The van der Waals surface area contributed by atoms with Gasteiger partial charge in [-0.15, -0.1) is 0 Å². The van der Waals surface area contributed by atoms with Gasteiger partial charge in [-0.2, -0.15) is 0 Å². The Morgan fingerprint density at radius 3 is 2.77 bits per heavy atom. The van der Waals surface area contributed by atoms with Crippen molar-refractivity contribution in [2.24, 2.45) is 0 Å². The third-order valence-corrected chi connectivity index (χ3v) is 1.39. The van der Waals surface area contributed by atoms with Gasteiger partial charge in [-0.25, -0.2) is 9.78 Å². The Hall–Kier alpha value is -2.04. The van der Waals surface area contributed by atoms with E-state index in [1.54, 1.807) is 0 Å². The van der Waals surface area contributed by atoms with Crippen LogP contribution in [0.4, 0.5) is 11.5 Å². The lowest BCUT2D eigenvalue weighted by atomic mass is 10.2. The van der Waals surface area contributed by atoms with E-state index in [0.29, 0.717) is 17.1 Å². The van der Waals surface area contributed by atoms with Crippen LogP contribution >= 0.6 is 0 Å². The molecule has 1 aromatic heterocycles. The molecule has 0 radical (unpaired) electrons. The highest BCUT2D eigenvalue weighted by Crippen LogP contribution is 2.13. The van der Waals surface area contributed by atoms with E-state index in [4.69, 9.17) is 16.6 Å². The van der Waals surface area contributed by atoms with Gasteiger partial charge in [-0.1, -0.05) is 0 Å². The molecule has 0 amide bonds. The molecule has 0 aliphatic heterocycles. The molecule has 5 N–H and O–H groups in total. The molecule has 0 saturated heterocycles. The predicted molar refractivity (Wildman–Crippen MR) is 49.7 cm³/mol. The number of nitrogens with two attached hydrogens (primary N) is 2. The van der Waals surface area contributed by atoms with E-state index in [1.165, 1.54) is 18.3 Å². The number of hydrogen-bond donors (Lipinski definition) is 3. The van der Waals surface area contributed by atoms with E-state index in [-0.39, 0.29) is 0 Å². The van der Waals surface area contributed by atoms with Crippen molar-refractivity contribution in [1.29, 1.82) is 0 Å². The van der Waals surface area contributed by atoms with Crippen LogP contribution < -0.4 is 11.5 Å². The third kappa shape index (κ3) is 2.48. The van der Waals surface area contributed by atoms with Crippen molar-refractivity contribution in [3.8, 4) is 0 Å². The first-order valence-electron chi connectivity index (χ1n) is 3.51. The van der Waals surface area contributed by atoms with Crippen molar-refractivity contribution in [3.63, 3.8) is 0 Å². The van der Waals surface area contributed by atoms with E-state index >= 15 is 0 Å². The Bertz CT molecular complexity index is 360. The molecule has 1 heterocycles. The topological polar surface area (TPSA) is 102 Å². The minimum absolute atomic E-state index is 0.310. The number of aliphatic carboxylic acids is 1. The molecule has 0 saturated carbocycles. The lowest BCUT2D eigenvalue weighted by Crippen LogP contribution is -1.96. The molecule has 0 aliphatic rings. The van der Waals surface area contributed by atoms with E-state index in [1.807, 2.05) is 0 Å². The summed E-state index contributed by atoms with van der Waals surface area (Å²) in [6.45, 7) is 0. The van der Waals surface area contributed by atoms with E-state index in [9.17, 15) is 4.79 Å². The van der Waals surface area contributed by atoms with Gasteiger partial charge >= 0.3 is 5.97 Å². The molecular formula is C8H9N3O2. The number of nitrogens with zero attached hydrogens (tertiary/aromatic N) is 1. The van der Waals surface area contributed by atoms with Crippen LogP contribution in [-0.2, 0) is 4.79 Å². The zero-order valence-electron chi connectivity index (χ0n) is 6.77. The Balaban J connectivity index is 2.96. The normalized spacial score (nSPS) is 10.5. The molecule has 0 spiro atoms. The SMILES string of the molecule is Nc1cc(N)c(/C=C/C(=O)O)cn1. The van der Waals surface area contributed by atoms with Crippen LogP contribution in [0.1, 0.15) is 5.56 Å². The van der Waals surface area contributed by atoms with Gasteiger partial charge in [0.1, 0.15) is 5.82 Å². The minimum atomic E-state index is -1.03. The fourth-order valence-corrected chi connectivity index (χ4v) is 0.799. The van der Waals surface area contributed by atoms with Crippen LogP contribution in [0.5, 0.6) is 0 Å². The van der Waals surface area contributed by atoms with Crippen molar-refractivity contribution in [2.45, 2.75) is 0 Å². The molecule has 0 aromatic carbocycles. The van der Waals surface area contributed by atoms with Crippen molar-refractivity contribution in [2.75, 3.05) is 11.5 Å². The second kappa shape index (κ2) is 3.57. The quantitative estimate of drug-likeness (QED) is 0.568. The number of rotatable bonds is 2. The van der Waals surface area contributed by atoms with Crippen LogP contribution in [0.3, 0.4) is 0 Å². The number of anilines is 2. The number of nitrogen functional groups attached to an aromatic ring is 2. The summed E-state index contributed by atoms with van der Waals surface area (Å²) in [5.41, 5.74) is 11.8. The van der Waals surface area contributed by atoms with Crippen LogP contribution in [-0.4, -0.2) is 16.1 Å². The molecule has 0 atom stereocenters. The molecule has 1 rings (SSSR count). The van der Waals surface area contributed by atoms with Gasteiger partial charge in [0.25, 0.3) is 0 Å². The summed E-state index contributed by atoms with van der Waals surface area (Å²) in [5, 5.41) is 8.35. The third-order valence-electron chi connectivity index (χ3n) is 1.39. The maximum absolute atomic E-state index is 10.2. The first-order valence-corrected chi connectivity index (χ1v) is 3.51. The van der Waals surface area contributed by atoms with Gasteiger partial charge in [-0.05, 0) is 6.08 Å². The second-order valence-electron chi connectivity index (χ2n) is 2.41. The number of hydrogen-bond acceptors (Lipinski definition) is 4. The van der Waals surface area contributed by atoms with Crippen molar-refractivity contribution in [3.05, 3.63) is 23.9 Å². The first kappa shape index (κ1) is 9.05. The average molecular weight is 179 g/mol. The summed E-state index contributed by atoms with van der Waals surface area (Å²) >= 11 is 0. The molecule has 5 nitrogen and oxygen atoms in total. The fraction of sp³-hybridized carbons (Fsp3) is 0. The summed E-state index contributed by atoms with van der Waals surface area (Å²) in [6.07, 6.45) is 3.78. The van der Waals surface area contributed by atoms with Gasteiger partial charge in [-0.3, -0.25) is 0 Å². The van der Waals surface area contributed by atoms with Crippen LogP contribution in [0.2, 0.25) is 0 Å². The van der Waals surface area contributed by atoms with E-state index in [0.717, 1.165) is 6.08 Å². The van der Waals surface area contributed by atoms with Crippen molar-refractivity contribution < 1.29 is 9.90 Å². The largest absolute Gasteiger partial charge is 0.478 e. The minimum Gasteiger partial charge on any atom is -0.478 e. The lowest BCUT2D eigenvalue weighted by Gasteiger charge is -1.99. The monoisotopic (exact) mass is 179 g/mol. The highest BCUT2D eigenvalue weighted by atomic mass is 16.4. The van der Waals surface area contributed by atoms with E-state index in [2.05, 4.69) is 4.98 Å². The molecule has 13 heavy (non-hydrogen) atoms. The standard InChI is InChI=1S/C8H9N3O2/c9-6-3-7(10)11-4-5(6)1-2-8(12)13/h1-4H,(H,12,13)(H4,9,10,11)/b2-1+. The number of pyridine rings is 1. The predicted octanol–water partition coefficient (Wildman–Crippen LogP) is 0.344. The highest BCUT2D eigenvalue weighted by molar-refractivity contribution is 5.86. The summed E-state index contributed by atoms with van der Waals surface area (Å²) in [4.78, 5) is 13.9. The molecular weight excluding hydrogens is 170 g/mol. The molecule has 0 bridgehead atoms. The molecule has 0 unspecified atom stereocenters. The Morgan fingerprint density at radius 1 is 1.54 bits per heavy atom. The van der Waals surface area contributed by atoms with Gasteiger partial charge < -0.3 is 16.6 Å².